The van der Waals surface area contributed by atoms with E-state index < -0.39 is 0 Å². The zero-order valence-electron chi connectivity index (χ0n) is 7.54. The van der Waals surface area contributed by atoms with Crippen LogP contribution >= 0.6 is 0 Å². The lowest BCUT2D eigenvalue weighted by atomic mass is 10.3. The topological polar surface area (TPSA) is 16.1 Å². The van der Waals surface area contributed by atoms with Crippen molar-refractivity contribution in [1.82, 2.24) is 4.98 Å². The van der Waals surface area contributed by atoms with Crippen molar-refractivity contribution in [1.29, 1.82) is 0 Å². The molecule has 1 aliphatic rings. The van der Waals surface area contributed by atoms with Crippen molar-refractivity contribution in [2.75, 3.05) is 24.7 Å². The molecule has 70 valence electrons. The first-order valence-corrected chi connectivity index (χ1v) is 4.66. The molecule has 0 amide bonds. The maximum absolute atomic E-state index is 12.0. The minimum absolute atomic E-state index is 0.230. The van der Waals surface area contributed by atoms with E-state index in [1.807, 2.05) is 12.3 Å². The van der Waals surface area contributed by atoms with Gasteiger partial charge in [0.1, 0.15) is 0 Å². The predicted octanol–water partition coefficient (Wildman–Crippen LogP) is 1.80. The second-order valence-electron chi connectivity index (χ2n) is 3.25. The zero-order valence-corrected chi connectivity index (χ0v) is 7.54. The summed E-state index contributed by atoms with van der Waals surface area (Å²) in [5, 5.41) is 0. The van der Waals surface area contributed by atoms with Gasteiger partial charge in [0, 0.05) is 25.7 Å². The van der Waals surface area contributed by atoms with Crippen LogP contribution in [0.3, 0.4) is 0 Å². The van der Waals surface area contributed by atoms with E-state index in [-0.39, 0.29) is 6.67 Å². The van der Waals surface area contributed by atoms with Gasteiger partial charge < -0.3 is 4.90 Å². The van der Waals surface area contributed by atoms with Crippen LogP contribution in [0.25, 0.3) is 0 Å². The van der Waals surface area contributed by atoms with Gasteiger partial charge in [-0.25, -0.2) is 0 Å². The van der Waals surface area contributed by atoms with Crippen LogP contribution in [0.5, 0.6) is 0 Å². The first kappa shape index (κ1) is 8.48. The van der Waals surface area contributed by atoms with Crippen LogP contribution in [0.2, 0.25) is 0 Å². The highest BCUT2D eigenvalue weighted by molar-refractivity contribution is 5.54. The van der Waals surface area contributed by atoms with E-state index in [4.69, 9.17) is 0 Å². The lowest BCUT2D eigenvalue weighted by molar-refractivity contribution is 0.472. The molecule has 0 saturated heterocycles. The third-order valence-electron chi connectivity index (χ3n) is 2.39. The van der Waals surface area contributed by atoms with E-state index in [1.165, 1.54) is 5.69 Å². The smallest absolute Gasteiger partial charge is 0.0911 e. The number of alkyl halides is 1. The summed E-state index contributed by atoms with van der Waals surface area (Å²) in [5.41, 5.74) is 2.34. The Labute approximate surface area is 77.4 Å². The van der Waals surface area contributed by atoms with Gasteiger partial charge in [-0.3, -0.25) is 9.37 Å². The van der Waals surface area contributed by atoms with E-state index >= 15 is 0 Å². The van der Waals surface area contributed by atoms with Gasteiger partial charge in [-0.1, -0.05) is 0 Å². The fourth-order valence-electron chi connectivity index (χ4n) is 1.75. The second-order valence-corrected chi connectivity index (χ2v) is 3.25. The number of fused-ring (bicyclic) bond motifs is 1. The van der Waals surface area contributed by atoms with Gasteiger partial charge in [0.05, 0.1) is 18.1 Å². The van der Waals surface area contributed by atoms with Crippen molar-refractivity contribution >= 4 is 5.69 Å². The molecule has 0 unspecified atom stereocenters. The third kappa shape index (κ3) is 1.64. The summed E-state index contributed by atoms with van der Waals surface area (Å²) < 4.78 is 12.0. The molecular formula is C10H13FN2. The zero-order chi connectivity index (χ0) is 9.10. The molecule has 13 heavy (non-hydrogen) atoms. The molecule has 0 fully saturated rings. The van der Waals surface area contributed by atoms with Gasteiger partial charge in [-0.15, -0.1) is 0 Å². The molecule has 0 spiro atoms. The third-order valence-corrected chi connectivity index (χ3v) is 2.39. The molecule has 1 aromatic rings. The quantitative estimate of drug-likeness (QED) is 0.705. The minimum Gasteiger partial charge on any atom is -0.370 e. The lowest BCUT2D eigenvalue weighted by Gasteiger charge is -2.17. The molecule has 0 aromatic carbocycles. The van der Waals surface area contributed by atoms with Gasteiger partial charge >= 0.3 is 0 Å². The molecule has 3 heteroatoms. The van der Waals surface area contributed by atoms with Crippen LogP contribution in [-0.4, -0.2) is 24.7 Å². The Hall–Kier alpha value is -1.12. The Bertz CT molecular complexity index is 288. The number of hydrogen-bond donors (Lipinski definition) is 0. The van der Waals surface area contributed by atoms with E-state index in [2.05, 4.69) is 16.0 Å². The van der Waals surface area contributed by atoms with Crippen LogP contribution < -0.4 is 4.90 Å². The Morgan fingerprint density at radius 1 is 1.54 bits per heavy atom. The highest BCUT2D eigenvalue weighted by Crippen LogP contribution is 2.25. The van der Waals surface area contributed by atoms with E-state index in [9.17, 15) is 4.39 Å². The summed E-state index contributed by atoms with van der Waals surface area (Å²) in [6.07, 6.45) is 3.44. The van der Waals surface area contributed by atoms with Crippen molar-refractivity contribution in [2.45, 2.75) is 12.8 Å². The van der Waals surface area contributed by atoms with Gasteiger partial charge in [0.2, 0.25) is 0 Å². The highest BCUT2D eigenvalue weighted by Gasteiger charge is 2.18. The Morgan fingerprint density at radius 2 is 2.46 bits per heavy atom. The molecule has 0 saturated carbocycles. The lowest BCUT2D eigenvalue weighted by Crippen LogP contribution is -2.21. The number of anilines is 1. The maximum Gasteiger partial charge on any atom is 0.0911 e. The number of aromatic nitrogens is 1. The van der Waals surface area contributed by atoms with Gasteiger partial charge in [-0.05, 0) is 18.6 Å². The molecule has 1 aromatic heterocycles. The van der Waals surface area contributed by atoms with Gasteiger partial charge in [0.15, 0.2) is 0 Å². The molecule has 0 bridgehead atoms. The molecule has 0 N–H and O–H groups in total. The van der Waals surface area contributed by atoms with Gasteiger partial charge in [-0.2, -0.15) is 0 Å². The van der Waals surface area contributed by atoms with Crippen molar-refractivity contribution in [3.63, 3.8) is 0 Å². The summed E-state index contributed by atoms with van der Waals surface area (Å²) in [4.78, 5) is 6.49. The fraction of sp³-hybridized carbons (Fsp3) is 0.500. The normalized spacial score (nSPS) is 14.7. The second kappa shape index (κ2) is 3.73. The fourth-order valence-corrected chi connectivity index (χ4v) is 1.75. The Kier molecular flexibility index (Phi) is 2.43. The maximum atomic E-state index is 12.0. The summed E-state index contributed by atoms with van der Waals surface area (Å²) in [6, 6.07) is 4.00. The molecule has 0 atom stereocenters. The molecular weight excluding hydrogens is 167 g/mol. The number of rotatable bonds is 3. The number of hydrogen-bond acceptors (Lipinski definition) is 2. The average Bonchev–Trinajstić information content (AvgIpc) is 2.58. The Morgan fingerprint density at radius 3 is 3.31 bits per heavy atom. The van der Waals surface area contributed by atoms with Crippen molar-refractivity contribution in [3.05, 3.63) is 24.0 Å². The van der Waals surface area contributed by atoms with Crippen LogP contribution in [0.4, 0.5) is 10.1 Å². The predicted molar refractivity (Wildman–Crippen MR) is 50.7 cm³/mol. The van der Waals surface area contributed by atoms with Crippen molar-refractivity contribution in [2.24, 2.45) is 0 Å². The number of pyridine rings is 1. The molecule has 1 aliphatic heterocycles. The number of halogens is 1. The van der Waals surface area contributed by atoms with E-state index in [0.717, 1.165) is 25.2 Å². The highest BCUT2D eigenvalue weighted by atomic mass is 19.1. The first-order valence-electron chi connectivity index (χ1n) is 4.66. The van der Waals surface area contributed by atoms with Crippen LogP contribution in [-0.2, 0) is 6.42 Å². The summed E-state index contributed by atoms with van der Waals surface area (Å²) in [7, 11) is 0. The van der Waals surface area contributed by atoms with E-state index in [1.54, 1.807) is 0 Å². The standard InChI is InChI=1S/C10H13FN2/c11-5-2-7-13-8-4-9-10(13)3-1-6-12-9/h1,3,6H,2,4-5,7-8H2. The van der Waals surface area contributed by atoms with Crippen molar-refractivity contribution < 1.29 is 4.39 Å². The number of nitrogens with zero attached hydrogens (tertiary/aromatic N) is 2. The molecule has 0 aliphatic carbocycles. The van der Waals surface area contributed by atoms with Crippen LogP contribution in [0.1, 0.15) is 12.1 Å². The summed E-state index contributed by atoms with van der Waals surface area (Å²) in [5.74, 6) is 0. The van der Waals surface area contributed by atoms with Crippen molar-refractivity contribution in [3.8, 4) is 0 Å². The molecule has 2 heterocycles. The van der Waals surface area contributed by atoms with E-state index in [0.29, 0.717) is 6.42 Å². The minimum atomic E-state index is -0.230. The van der Waals surface area contributed by atoms with Gasteiger partial charge in [0.25, 0.3) is 0 Å². The van der Waals surface area contributed by atoms with Crippen LogP contribution in [0, 0.1) is 0 Å². The van der Waals surface area contributed by atoms with Crippen LogP contribution in [0.15, 0.2) is 18.3 Å². The molecule has 0 radical (unpaired) electrons. The largest absolute Gasteiger partial charge is 0.370 e. The Balaban J connectivity index is 2.09. The first-order chi connectivity index (χ1) is 6.42. The summed E-state index contributed by atoms with van der Waals surface area (Å²) >= 11 is 0. The summed E-state index contributed by atoms with van der Waals surface area (Å²) in [6.45, 7) is 1.58. The SMILES string of the molecule is FCCCN1CCc2ncccc21. The average molecular weight is 180 g/mol. The molecule has 2 rings (SSSR count). The monoisotopic (exact) mass is 180 g/mol. The molecule has 2 nitrogen and oxygen atoms in total.